The van der Waals surface area contributed by atoms with Gasteiger partial charge < -0.3 is 10.2 Å². The van der Waals surface area contributed by atoms with E-state index in [1.165, 1.54) is 22.7 Å². The smallest absolute Gasteiger partial charge is 0.355 e. The topological polar surface area (TPSA) is 100 Å². The molecule has 0 amide bonds. The van der Waals surface area contributed by atoms with Gasteiger partial charge in [-0.15, -0.1) is 22.7 Å². The molecule has 8 heteroatoms. The number of carboxylic acids is 2. The minimum absolute atomic E-state index is 0.123. The lowest BCUT2D eigenvalue weighted by atomic mass is 10.1. The maximum atomic E-state index is 10.7. The van der Waals surface area contributed by atoms with E-state index in [4.69, 9.17) is 10.2 Å². The summed E-state index contributed by atoms with van der Waals surface area (Å²) in [5.74, 6) is -1.96. The number of aromatic nitrogens is 2. The van der Waals surface area contributed by atoms with Crippen LogP contribution in [-0.4, -0.2) is 32.1 Å². The molecule has 2 rings (SSSR count). The van der Waals surface area contributed by atoms with Crippen molar-refractivity contribution in [1.82, 2.24) is 9.97 Å². The Morgan fingerprint density at radius 3 is 1.55 bits per heavy atom. The maximum absolute atomic E-state index is 10.7. The zero-order valence-corrected chi connectivity index (χ0v) is 13.5. The van der Waals surface area contributed by atoms with Crippen LogP contribution in [0, 0.1) is 0 Å². The van der Waals surface area contributed by atoms with Gasteiger partial charge in [0.25, 0.3) is 0 Å². The van der Waals surface area contributed by atoms with Crippen LogP contribution >= 0.6 is 22.7 Å². The molecule has 0 aliphatic rings. The van der Waals surface area contributed by atoms with E-state index in [1.807, 2.05) is 0 Å². The van der Waals surface area contributed by atoms with Crippen molar-refractivity contribution in [3.8, 4) is 0 Å². The number of carbonyl (C=O) groups is 2. The zero-order chi connectivity index (χ0) is 15.9. The van der Waals surface area contributed by atoms with Crippen LogP contribution in [0.25, 0.3) is 0 Å². The normalized spacial score (nSPS) is 10.7. The van der Waals surface area contributed by atoms with Crippen LogP contribution in [0.1, 0.15) is 56.7 Å². The first kappa shape index (κ1) is 16.6. The van der Waals surface area contributed by atoms with E-state index in [2.05, 4.69) is 9.97 Å². The number of aromatic carboxylic acids is 2. The fourth-order valence-corrected chi connectivity index (χ4v) is 3.58. The van der Waals surface area contributed by atoms with E-state index >= 15 is 0 Å². The molecule has 2 aromatic rings. The first-order valence-electron chi connectivity index (χ1n) is 6.91. The van der Waals surface area contributed by atoms with Gasteiger partial charge in [0.15, 0.2) is 11.4 Å². The average Bonchev–Trinajstić information content (AvgIpc) is 3.12. The van der Waals surface area contributed by atoms with Gasteiger partial charge in [0.05, 0.1) is 10.0 Å². The fraction of sp³-hybridized carbons (Fsp3) is 0.429. The van der Waals surface area contributed by atoms with Crippen LogP contribution in [0.5, 0.6) is 0 Å². The number of hydrogen-bond donors (Lipinski definition) is 2. The molecule has 2 aromatic heterocycles. The second-order valence-electron chi connectivity index (χ2n) is 4.78. The molecule has 2 heterocycles. The molecule has 0 saturated carbocycles. The first-order chi connectivity index (χ1) is 10.6. The Labute approximate surface area is 135 Å². The molecule has 0 unspecified atom stereocenters. The Balaban J connectivity index is 1.60. The van der Waals surface area contributed by atoms with Crippen LogP contribution in [0.4, 0.5) is 0 Å². The minimum atomic E-state index is -0.980. The van der Waals surface area contributed by atoms with Gasteiger partial charge in [0.1, 0.15) is 0 Å². The van der Waals surface area contributed by atoms with E-state index in [9.17, 15) is 9.59 Å². The van der Waals surface area contributed by atoms with E-state index in [-0.39, 0.29) is 11.4 Å². The van der Waals surface area contributed by atoms with E-state index in [0.29, 0.717) is 0 Å². The third kappa shape index (κ3) is 4.88. The standard InChI is InChI=1S/C14H16N2O4S2/c17-13(18)9-7-21-11(15-9)5-3-1-2-4-6-12-16-10(8-22-12)14(19)20/h7-8H,1-6H2,(H,17,18)(H,19,20). The first-order valence-corrected chi connectivity index (χ1v) is 8.67. The molecular weight excluding hydrogens is 324 g/mol. The van der Waals surface area contributed by atoms with Crippen molar-refractivity contribution in [2.45, 2.75) is 38.5 Å². The van der Waals surface area contributed by atoms with Gasteiger partial charge in [-0.1, -0.05) is 12.8 Å². The third-order valence-electron chi connectivity index (χ3n) is 3.07. The van der Waals surface area contributed by atoms with Crippen molar-refractivity contribution in [2.75, 3.05) is 0 Å². The second kappa shape index (κ2) is 8.00. The van der Waals surface area contributed by atoms with E-state index in [0.717, 1.165) is 48.5 Å². The molecule has 0 aliphatic carbocycles. The summed E-state index contributed by atoms with van der Waals surface area (Å²) in [5.41, 5.74) is 0.246. The third-order valence-corrected chi connectivity index (χ3v) is 4.89. The minimum Gasteiger partial charge on any atom is -0.476 e. The number of rotatable bonds is 9. The Morgan fingerprint density at radius 2 is 1.23 bits per heavy atom. The van der Waals surface area contributed by atoms with Gasteiger partial charge >= 0.3 is 11.9 Å². The lowest BCUT2D eigenvalue weighted by molar-refractivity contribution is 0.0680. The Kier molecular flexibility index (Phi) is 6.02. The van der Waals surface area contributed by atoms with Crippen LogP contribution in [-0.2, 0) is 12.8 Å². The Morgan fingerprint density at radius 1 is 0.818 bits per heavy atom. The lowest BCUT2D eigenvalue weighted by Crippen LogP contribution is -1.97. The summed E-state index contributed by atoms with van der Waals surface area (Å²) in [7, 11) is 0. The summed E-state index contributed by atoms with van der Waals surface area (Å²) in [4.78, 5) is 29.5. The highest BCUT2D eigenvalue weighted by Gasteiger charge is 2.09. The molecule has 2 N–H and O–H groups in total. The monoisotopic (exact) mass is 340 g/mol. The summed E-state index contributed by atoms with van der Waals surface area (Å²) in [6.45, 7) is 0. The van der Waals surface area contributed by atoms with Crippen LogP contribution in [0.15, 0.2) is 10.8 Å². The summed E-state index contributed by atoms with van der Waals surface area (Å²) in [6.07, 6.45) is 5.64. The van der Waals surface area contributed by atoms with Crippen LogP contribution in [0.2, 0.25) is 0 Å². The van der Waals surface area contributed by atoms with Crippen molar-refractivity contribution in [1.29, 1.82) is 0 Å². The number of aryl methyl sites for hydroxylation is 2. The highest BCUT2D eigenvalue weighted by Crippen LogP contribution is 2.16. The van der Waals surface area contributed by atoms with E-state index < -0.39 is 11.9 Å². The molecule has 0 atom stereocenters. The van der Waals surface area contributed by atoms with Crippen molar-refractivity contribution >= 4 is 34.6 Å². The van der Waals surface area contributed by atoms with Gasteiger partial charge in [0, 0.05) is 10.8 Å². The summed E-state index contributed by atoms with van der Waals surface area (Å²) in [6, 6.07) is 0. The number of nitrogens with zero attached hydrogens (tertiary/aromatic N) is 2. The van der Waals surface area contributed by atoms with Crippen LogP contribution in [0.3, 0.4) is 0 Å². The molecule has 0 aromatic carbocycles. The molecule has 0 fully saturated rings. The SMILES string of the molecule is O=C(O)c1csc(CCCCCCc2nc(C(=O)O)cs2)n1. The van der Waals surface area contributed by atoms with Crippen molar-refractivity contribution in [3.05, 3.63) is 32.2 Å². The lowest BCUT2D eigenvalue weighted by Gasteiger charge is -1.99. The summed E-state index contributed by atoms with van der Waals surface area (Å²) >= 11 is 2.78. The molecule has 0 saturated heterocycles. The highest BCUT2D eigenvalue weighted by atomic mass is 32.1. The molecule has 0 aliphatic heterocycles. The van der Waals surface area contributed by atoms with Gasteiger partial charge in [-0.25, -0.2) is 19.6 Å². The molecule has 0 spiro atoms. The average molecular weight is 340 g/mol. The molecule has 6 nitrogen and oxygen atoms in total. The molecule has 22 heavy (non-hydrogen) atoms. The number of carboxylic acid groups (broad SMARTS) is 2. The number of thiazole rings is 2. The number of unbranched alkanes of at least 4 members (excludes halogenated alkanes) is 3. The highest BCUT2D eigenvalue weighted by molar-refractivity contribution is 7.10. The fourth-order valence-electron chi connectivity index (χ4n) is 1.95. The van der Waals surface area contributed by atoms with Crippen LogP contribution < -0.4 is 0 Å². The van der Waals surface area contributed by atoms with Crippen molar-refractivity contribution in [3.63, 3.8) is 0 Å². The zero-order valence-electron chi connectivity index (χ0n) is 11.8. The van der Waals surface area contributed by atoms with Crippen molar-refractivity contribution < 1.29 is 19.8 Å². The molecule has 118 valence electrons. The summed E-state index contributed by atoms with van der Waals surface area (Å²) in [5, 5.41) is 22.4. The van der Waals surface area contributed by atoms with Gasteiger partial charge in [0.2, 0.25) is 0 Å². The van der Waals surface area contributed by atoms with Gasteiger partial charge in [-0.05, 0) is 25.7 Å². The molecular formula is C14H16N2O4S2. The van der Waals surface area contributed by atoms with Gasteiger partial charge in [-0.3, -0.25) is 0 Å². The Hall–Kier alpha value is -1.80. The predicted octanol–water partition coefficient (Wildman–Crippen LogP) is 3.34. The predicted molar refractivity (Wildman–Crippen MR) is 84.0 cm³/mol. The Bertz CT molecular complexity index is 595. The largest absolute Gasteiger partial charge is 0.476 e. The van der Waals surface area contributed by atoms with E-state index in [1.54, 1.807) is 10.8 Å². The number of hydrogen-bond acceptors (Lipinski definition) is 6. The van der Waals surface area contributed by atoms with Gasteiger partial charge in [-0.2, -0.15) is 0 Å². The van der Waals surface area contributed by atoms with Crippen molar-refractivity contribution in [2.24, 2.45) is 0 Å². The summed E-state index contributed by atoms with van der Waals surface area (Å²) < 4.78 is 0. The molecule has 0 radical (unpaired) electrons. The maximum Gasteiger partial charge on any atom is 0.355 e. The quantitative estimate of drug-likeness (QED) is 0.679. The second-order valence-corrected chi connectivity index (χ2v) is 6.66. The molecule has 0 bridgehead atoms.